The van der Waals surface area contributed by atoms with E-state index in [0.29, 0.717) is 11.6 Å². The molecule has 0 aliphatic carbocycles. The first-order valence-corrected chi connectivity index (χ1v) is 6.94. The van der Waals surface area contributed by atoms with Crippen LogP contribution in [-0.4, -0.2) is 21.9 Å². The normalized spacial score (nSPS) is 10.5. The largest absolute Gasteiger partial charge is 0.349 e. The van der Waals surface area contributed by atoms with Gasteiger partial charge in [-0.15, -0.1) is 0 Å². The van der Waals surface area contributed by atoms with Gasteiger partial charge in [0.25, 0.3) is 5.91 Å². The van der Waals surface area contributed by atoms with Crippen LogP contribution in [0.2, 0.25) is 0 Å². The van der Waals surface area contributed by atoms with Crippen LogP contribution in [0.15, 0.2) is 30.5 Å². The highest BCUT2D eigenvalue weighted by molar-refractivity contribution is 5.92. The summed E-state index contributed by atoms with van der Waals surface area (Å²) in [7, 11) is 0. The van der Waals surface area contributed by atoms with E-state index in [-0.39, 0.29) is 11.9 Å². The molecule has 2 N–H and O–H groups in total. The molecule has 0 aliphatic heterocycles. The zero-order valence-corrected chi connectivity index (χ0v) is 12.8. The smallest absolute Gasteiger partial charge is 0.270 e. The van der Waals surface area contributed by atoms with Gasteiger partial charge in [-0.05, 0) is 51.0 Å². The SMILES string of the molecule is Cc1ccc(C)c(Nc2nccc(C(=O)NC(C)C)n2)c1. The summed E-state index contributed by atoms with van der Waals surface area (Å²) < 4.78 is 0. The van der Waals surface area contributed by atoms with Crippen molar-refractivity contribution in [2.45, 2.75) is 33.7 Å². The molecule has 0 saturated carbocycles. The van der Waals surface area contributed by atoms with Gasteiger partial charge in [0.1, 0.15) is 5.69 Å². The molecule has 0 bridgehead atoms. The molecule has 0 spiro atoms. The van der Waals surface area contributed by atoms with Gasteiger partial charge in [-0.1, -0.05) is 12.1 Å². The Morgan fingerprint density at radius 3 is 2.67 bits per heavy atom. The Bertz CT molecular complexity index is 652. The van der Waals surface area contributed by atoms with Crippen LogP contribution in [0.4, 0.5) is 11.6 Å². The summed E-state index contributed by atoms with van der Waals surface area (Å²) in [5.41, 5.74) is 3.54. The fourth-order valence-corrected chi connectivity index (χ4v) is 1.87. The number of aromatic nitrogens is 2. The Kier molecular flexibility index (Phi) is 4.52. The predicted molar refractivity (Wildman–Crippen MR) is 83.8 cm³/mol. The summed E-state index contributed by atoms with van der Waals surface area (Å²) in [4.78, 5) is 20.4. The fourth-order valence-electron chi connectivity index (χ4n) is 1.87. The van der Waals surface area contributed by atoms with Crippen molar-refractivity contribution in [2.75, 3.05) is 5.32 Å². The molecule has 0 unspecified atom stereocenters. The Morgan fingerprint density at radius 2 is 1.95 bits per heavy atom. The summed E-state index contributed by atoms with van der Waals surface area (Å²) in [5, 5.41) is 5.97. The van der Waals surface area contributed by atoms with Gasteiger partial charge < -0.3 is 10.6 Å². The Balaban J connectivity index is 2.21. The highest BCUT2D eigenvalue weighted by Gasteiger charge is 2.10. The molecule has 1 amide bonds. The highest BCUT2D eigenvalue weighted by atomic mass is 16.1. The predicted octanol–water partition coefficient (Wildman–Crippen LogP) is 2.98. The summed E-state index contributed by atoms with van der Waals surface area (Å²) in [6, 6.07) is 7.79. The Labute approximate surface area is 124 Å². The first-order chi connectivity index (χ1) is 9.95. The van der Waals surface area contributed by atoms with Gasteiger partial charge in [-0.25, -0.2) is 9.97 Å². The summed E-state index contributed by atoms with van der Waals surface area (Å²) in [5.74, 6) is 0.219. The monoisotopic (exact) mass is 284 g/mol. The van der Waals surface area contributed by atoms with E-state index in [1.165, 1.54) is 0 Å². The Hall–Kier alpha value is -2.43. The van der Waals surface area contributed by atoms with Crippen LogP contribution in [0.1, 0.15) is 35.5 Å². The van der Waals surface area contributed by atoms with Gasteiger partial charge in [-0.3, -0.25) is 4.79 Å². The maximum absolute atomic E-state index is 12.0. The van der Waals surface area contributed by atoms with Gasteiger partial charge in [-0.2, -0.15) is 0 Å². The van der Waals surface area contributed by atoms with Crippen LogP contribution in [0.25, 0.3) is 0 Å². The highest BCUT2D eigenvalue weighted by Crippen LogP contribution is 2.19. The molecule has 0 fully saturated rings. The van der Waals surface area contributed by atoms with Crippen LogP contribution >= 0.6 is 0 Å². The molecule has 1 aromatic carbocycles. The Morgan fingerprint density at radius 1 is 1.19 bits per heavy atom. The van der Waals surface area contributed by atoms with Crippen molar-refractivity contribution in [1.82, 2.24) is 15.3 Å². The zero-order chi connectivity index (χ0) is 15.4. The maximum Gasteiger partial charge on any atom is 0.270 e. The average molecular weight is 284 g/mol. The molecule has 5 nitrogen and oxygen atoms in total. The molecule has 2 rings (SSSR count). The fraction of sp³-hybridized carbons (Fsp3) is 0.312. The van der Waals surface area contributed by atoms with Crippen molar-refractivity contribution in [1.29, 1.82) is 0 Å². The number of hydrogen-bond acceptors (Lipinski definition) is 4. The van der Waals surface area contributed by atoms with Crippen molar-refractivity contribution in [3.05, 3.63) is 47.3 Å². The lowest BCUT2D eigenvalue weighted by atomic mass is 10.1. The second-order valence-electron chi connectivity index (χ2n) is 5.34. The summed E-state index contributed by atoms with van der Waals surface area (Å²) >= 11 is 0. The number of benzene rings is 1. The van der Waals surface area contributed by atoms with Gasteiger partial charge in [0.05, 0.1) is 0 Å². The molecule has 1 aromatic heterocycles. The van der Waals surface area contributed by atoms with Crippen LogP contribution in [0.3, 0.4) is 0 Å². The molecular weight excluding hydrogens is 264 g/mol. The van der Waals surface area contributed by atoms with E-state index in [4.69, 9.17) is 0 Å². The number of anilines is 2. The van der Waals surface area contributed by atoms with E-state index in [9.17, 15) is 4.79 Å². The molecule has 21 heavy (non-hydrogen) atoms. The minimum absolute atomic E-state index is 0.0721. The van der Waals surface area contributed by atoms with Crippen LogP contribution in [0.5, 0.6) is 0 Å². The molecule has 0 radical (unpaired) electrons. The molecule has 2 aromatic rings. The number of nitrogens with zero attached hydrogens (tertiary/aromatic N) is 2. The summed E-state index contributed by atoms with van der Waals surface area (Å²) in [6.45, 7) is 7.86. The standard InChI is InChI=1S/C16H20N4O/c1-10(2)18-15(21)13-7-8-17-16(19-13)20-14-9-11(3)5-6-12(14)4/h5-10H,1-4H3,(H,18,21)(H,17,19,20). The number of amides is 1. The van der Waals surface area contributed by atoms with Crippen molar-refractivity contribution in [3.8, 4) is 0 Å². The third-order valence-corrected chi connectivity index (χ3v) is 2.95. The van der Waals surface area contributed by atoms with Gasteiger partial charge in [0.2, 0.25) is 5.95 Å². The molecule has 0 atom stereocenters. The topological polar surface area (TPSA) is 66.9 Å². The van der Waals surface area contributed by atoms with Crippen LogP contribution in [0, 0.1) is 13.8 Å². The van der Waals surface area contributed by atoms with Crippen molar-refractivity contribution in [3.63, 3.8) is 0 Å². The maximum atomic E-state index is 12.0. The molecular formula is C16H20N4O. The zero-order valence-electron chi connectivity index (χ0n) is 12.8. The van der Waals surface area contributed by atoms with E-state index in [1.807, 2.05) is 45.9 Å². The van der Waals surface area contributed by atoms with Crippen molar-refractivity contribution in [2.24, 2.45) is 0 Å². The molecule has 110 valence electrons. The molecule has 0 saturated heterocycles. The number of carbonyl (C=O) groups excluding carboxylic acids is 1. The summed E-state index contributed by atoms with van der Waals surface area (Å²) in [6.07, 6.45) is 1.58. The van der Waals surface area contributed by atoms with Gasteiger partial charge >= 0.3 is 0 Å². The molecule has 1 heterocycles. The van der Waals surface area contributed by atoms with Crippen molar-refractivity contribution >= 4 is 17.5 Å². The lowest BCUT2D eigenvalue weighted by Crippen LogP contribution is -2.30. The van der Waals surface area contributed by atoms with Crippen molar-refractivity contribution < 1.29 is 4.79 Å². The van der Waals surface area contributed by atoms with E-state index in [0.717, 1.165) is 16.8 Å². The van der Waals surface area contributed by atoms with Gasteiger partial charge in [0, 0.05) is 17.9 Å². The van der Waals surface area contributed by atoms with E-state index in [1.54, 1.807) is 12.3 Å². The second kappa shape index (κ2) is 6.35. The van der Waals surface area contributed by atoms with Crippen LogP contribution < -0.4 is 10.6 Å². The lowest BCUT2D eigenvalue weighted by molar-refractivity contribution is 0.0938. The first-order valence-electron chi connectivity index (χ1n) is 6.94. The minimum atomic E-state index is -0.198. The third-order valence-electron chi connectivity index (χ3n) is 2.95. The number of rotatable bonds is 4. The quantitative estimate of drug-likeness (QED) is 0.905. The second-order valence-corrected chi connectivity index (χ2v) is 5.34. The number of carbonyl (C=O) groups is 1. The van der Waals surface area contributed by atoms with Gasteiger partial charge in [0.15, 0.2) is 0 Å². The van der Waals surface area contributed by atoms with E-state index < -0.39 is 0 Å². The van der Waals surface area contributed by atoms with E-state index >= 15 is 0 Å². The lowest BCUT2D eigenvalue weighted by Gasteiger charge is -2.11. The third kappa shape index (κ3) is 4.02. The van der Waals surface area contributed by atoms with Crippen LogP contribution in [-0.2, 0) is 0 Å². The van der Waals surface area contributed by atoms with E-state index in [2.05, 4.69) is 20.6 Å². The minimum Gasteiger partial charge on any atom is -0.349 e. The first kappa shape index (κ1) is 15.0. The number of nitrogens with one attached hydrogen (secondary N) is 2. The number of aryl methyl sites for hydroxylation is 2. The molecule has 5 heteroatoms. The number of hydrogen-bond donors (Lipinski definition) is 2. The average Bonchev–Trinajstić information content (AvgIpc) is 2.42. The molecule has 0 aliphatic rings.